The van der Waals surface area contributed by atoms with Gasteiger partial charge in [0, 0.05) is 11.3 Å². The fourth-order valence-electron chi connectivity index (χ4n) is 1.67. The second kappa shape index (κ2) is 6.34. The molecule has 0 spiro atoms. The number of hydrazone groups is 1. The summed E-state index contributed by atoms with van der Waals surface area (Å²) in [4.78, 5) is 12.0. The highest BCUT2D eigenvalue weighted by atomic mass is 16.2. The van der Waals surface area contributed by atoms with Crippen molar-refractivity contribution >= 4 is 11.6 Å². The summed E-state index contributed by atoms with van der Waals surface area (Å²) in [5.74, 6) is 0.250. The SMILES string of the molecule is CCC(C)C(C)=NNC(=O)c1ccc(C)cc1C. The van der Waals surface area contributed by atoms with Crippen molar-refractivity contribution in [3.05, 3.63) is 34.9 Å². The smallest absolute Gasteiger partial charge is 0.267 e. The number of nitrogens with zero attached hydrogens (tertiary/aromatic N) is 1. The molecule has 0 bridgehead atoms. The molecule has 0 aliphatic carbocycles. The topological polar surface area (TPSA) is 41.5 Å². The molecular weight excluding hydrogens is 224 g/mol. The molecular formula is C15H22N2O. The molecule has 0 aromatic heterocycles. The molecule has 1 aromatic carbocycles. The standard InChI is InChI=1S/C15H22N2O/c1-6-11(3)13(5)16-17-15(18)14-8-7-10(2)9-12(14)4/h7-9,11H,6H2,1-5H3,(H,17,18). The van der Waals surface area contributed by atoms with Crippen LogP contribution in [0, 0.1) is 19.8 Å². The third kappa shape index (κ3) is 3.69. The van der Waals surface area contributed by atoms with Crippen LogP contribution in [0.4, 0.5) is 0 Å². The summed E-state index contributed by atoms with van der Waals surface area (Å²) in [7, 11) is 0. The number of amides is 1. The van der Waals surface area contributed by atoms with Gasteiger partial charge < -0.3 is 0 Å². The van der Waals surface area contributed by atoms with Crippen LogP contribution in [0.5, 0.6) is 0 Å². The van der Waals surface area contributed by atoms with Gasteiger partial charge in [-0.3, -0.25) is 4.79 Å². The van der Waals surface area contributed by atoms with Gasteiger partial charge in [0.25, 0.3) is 5.91 Å². The van der Waals surface area contributed by atoms with Gasteiger partial charge in [0.15, 0.2) is 0 Å². The first-order valence-corrected chi connectivity index (χ1v) is 6.37. The summed E-state index contributed by atoms with van der Waals surface area (Å²) in [5, 5.41) is 4.15. The van der Waals surface area contributed by atoms with Crippen LogP contribution in [-0.4, -0.2) is 11.6 Å². The zero-order valence-corrected chi connectivity index (χ0v) is 11.9. The monoisotopic (exact) mass is 246 g/mol. The first-order chi connectivity index (χ1) is 8.45. The van der Waals surface area contributed by atoms with E-state index in [2.05, 4.69) is 24.4 Å². The molecule has 1 atom stereocenters. The van der Waals surface area contributed by atoms with Gasteiger partial charge >= 0.3 is 0 Å². The zero-order valence-electron chi connectivity index (χ0n) is 11.9. The Hall–Kier alpha value is -1.64. The average molecular weight is 246 g/mol. The Morgan fingerprint density at radius 2 is 2.06 bits per heavy atom. The maximum atomic E-state index is 12.0. The fraction of sp³-hybridized carbons (Fsp3) is 0.467. The largest absolute Gasteiger partial charge is 0.271 e. The molecule has 0 aliphatic heterocycles. The van der Waals surface area contributed by atoms with E-state index in [9.17, 15) is 4.79 Å². The molecule has 3 nitrogen and oxygen atoms in total. The first kappa shape index (κ1) is 14.4. The van der Waals surface area contributed by atoms with Crippen LogP contribution in [0.2, 0.25) is 0 Å². The van der Waals surface area contributed by atoms with Gasteiger partial charge in [0.05, 0.1) is 0 Å². The van der Waals surface area contributed by atoms with Gasteiger partial charge in [-0.05, 0) is 44.7 Å². The quantitative estimate of drug-likeness (QED) is 0.641. The number of nitrogens with one attached hydrogen (secondary N) is 1. The second-order valence-electron chi connectivity index (χ2n) is 4.82. The third-order valence-electron chi connectivity index (χ3n) is 3.29. The van der Waals surface area contributed by atoms with Crippen molar-refractivity contribution in [1.29, 1.82) is 0 Å². The molecule has 1 amide bonds. The van der Waals surface area contributed by atoms with E-state index in [0.29, 0.717) is 11.5 Å². The van der Waals surface area contributed by atoms with Gasteiger partial charge in [0.1, 0.15) is 0 Å². The number of aryl methyl sites for hydroxylation is 2. The minimum absolute atomic E-state index is 0.143. The summed E-state index contributed by atoms with van der Waals surface area (Å²) in [6.45, 7) is 10.1. The molecule has 3 heteroatoms. The molecule has 0 saturated heterocycles. The third-order valence-corrected chi connectivity index (χ3v) is 3.29. The molecule has 1 N–H and O–H groups in total. The van der Waals surface area contributed by atoms with E-state index in [1.807, 2.05) is 39.0 Å². The van der Waals surface area contributed by atoms with Crippen LogP contribution in [-0.2, 0) is 0 Å². The Bertz CT molecular complexity index is 464. The Morgan fingerprint density at radius 1 is 1.39 bits per heavy atom. The number of hydrogen-bond acceptors (Lipinski definition) is 2. The summed E-state index contributed by atoms with van der Waals surface area (Å²) in [6.07, 6.45) is 1.02. The molecule has 0 radical (unpaired) electrons. The lowest BCUT2D eigenvalue weighted by atomic mass is 10.0. The van der Waals surface area contributed by atoms with Gasteiger partial charge in [-0.1, -0.05) is 31.5 Å². The number of carbonyl (C=O) groups excluding carboxylic acids is 1. The molecule has 0 saturated carbocycles. The lowest BCUT2D eigenvalue weighted by Crippen LogP contribution is -2.21. The number of carbonyl (C=O) groups is 1. The minimum atomic E-state index is -0.143. The molecule has 0 aliphatic rings. The molecule has 0 fully saturated rings. The molecule has 1 aromatic rings. The highest BCUT2D eigenvalue weighted by Gasteiger charge is 2.09. The molecule has 1 rings (SSSR count). The van der Waals surface area contributed by atoms with Crippen molar-refractivity contribution in [3.63, 3.8) is 0 Å². The zero-order chi connectivity index (χ0) is 13.7. The Kier molecular flexibility index (Phi) is 5.08. The van der Waals surface area contributed by atoms with E-state index in [0.717, 1.165) is 23.3 Å². The van der Waals surface area contributed by atoms with Crippen LogP contribution in [0.25, 0.3) is 0 Å². The van der Waals surface area contributed by atoms with Crippen molar-refractivity contribution in [2.45, 2.75) is 41.0 Å². The van der Waals surface area contributed by atoms with Crippen LogP contribution in [0.1, 0.15) is 48.7 Å². The highest BCUT2D eigenvalue weighted by molar-refractivity contribution is 5.96. The van der Waals surface area contributed by atoms with Crippen molar-refractivity contribution in [1.82, 2.24) is 5.43 Å². The van der Waals surface area contributed by atoms with Crippen LogP contribution >= 0.6 is 0 Å². The van der Waals surface area contributed by atoms with Crippen LogP contribution < -0.4 is 5.43 Å². The summed E-state index contributed by atoms with van der Waals surface area (Å²) < 4.78 is 0. The minimum Gasteiger partial charge on any atom is -0.267 e. The van der Waals surface area contributed by atoms with Crippen molar-refractivity contribution < 1.29 is 4.79 Å². The Labute approximate surface area is 109 Å². The van der Waals surface area contributed by atoms with E-state index >= 15 is 0 Å². The van der Waals surface area contributed by atoms with Crippen LogP contribution in [0.3, 0.4) is 0 Å². The van der Waals surface area contributed by atoms with E-state index in [1.54, 1.807) is 0 Å². The lowest BCUT2D eigenvalue weighted by Gasteiger charge is -2.09. The van der Waals surface area contributed by atoms with Crippen molar-refractivity contribution in [2.75, 3.05) is 0 Å². The predicted molar refractivity (Wildman–Crippen MR) is 75.9 cm³/mol. The predicted octanol–water partition coefficient (Wildman–Crippen LogP) is 3.46. The number of rotatable bonds is 4. The Balaban J connectivity index is 2.77. The van der Waals surface area contributed by atoms with Crippen molar-refractivity contribution in [2.24, 2.45) is 11.0 Å². The maximum Gasteiger partial charge on any atom is 0.271 e. The average Bonchev–Trinajstić information content (AvgIpc) is 2.34. The second-order valence-corrected chi connectivity index (χ2v) is 4.82. The van der Waals surface area contributed by atoms with Gasteiger partial charge in [-0.2, -0.15) is 5.10 Å². The normalized spacial score (nSPS) is 13.3. The number of benzene rings is 1. The lowest BCUT2D eigenvalue weighted by molar-refractivity contribution is 0.0954. The van der Waals surface area contributed by atoms with Gasteiger partial charge in [0.2, 0.25) is 0 Å². The molecule has 1 unspecified atom stereocenters. The van der Waals surface area contributed by atoms with Crippen molar-refractivity contribution in [3.8, 4) is 0 Å². The molecule has 0 heterocycles. The Morgan fingerprint density at radius 3 is 2.61 bits per heavy atom. The first-order valence-electron chi connectivity index (χ1n) is 6.37. The van der Waals surface area contributed by atoms with Gasteiger partial charge in [-0.25, -0.2) is 5.43 Å². The number of hydrogen-bond donors (Lipinski definition) is 1. The summed E-state index contributed by atoms with van der Waals surface area (Å²) in [6, 6.07) is 5.78. The van der Waals surface area contributed by atoms with E-state index in [-0.39, 0.29) is 5.91 Å². The van der Waals surface area contributed by atoms with E-state index in [1.165, 1.54) is 0 Å². The van der Waals surface area contributed by atoms with Gasteiger partial charge in [-0.15, -0.1) is 0 Å². The molecule has 18 heavy (non-hydrogen) atoms. The maximum absolute atomic E-state index is 12.0. The summed E-state index contributed by atoms with van der Waals surface area (Å²) >= 11 is 0. The van der Waals surface area contributed by atoms with Crippen LogP contribution in [0.15, 0.2) is 23.3 Å². The highest BCUT2D eigenvalue weighted by Crippen LogP contribution is 2.10. The summed E-state index contributed by atoms with van der Waals surface area (Å²) in [5.41, 5.74) is 6.39. The van der Waals surface area contributed by atoms with E-state index in [4.69, 9.17) is 0 Å². The molecule has 98 valence electrons. The fourth-order valence-corrected chi connectivity index (χ4v) is 1.67. The van der Waals surface area contributed by atoms with E-state index < -0.39 is 0 Å².